The second-order valence-corrected chi connectivity index (χ2v) is 14.1. The molecular weight excluding hydrogens is 484 g/mol. The van der Waals surface area contributed by atoms with Gasteiger partial charge in [0, 0.05) is 5.54 Å². The van der Waals surface area contributed by atoms with Gasteiger partial charge in [0.1, 0.15) is 0 Å². The molecule has 3 heteroatoms. The van der Waals surface area contributed by atoms with Crippen molar-refractivity contribution in [2.24, 2.45) is 5.73 Å². The maximum Gasteiger partial charge on any atom is 0.0496 e. The lowest BCUT2D eigenvalue weighted by Gasteiger charge is -2.19. The highest BCUT2D eigenvalue weighted by Gasteiger charge is 2.15. The summed E-state index contributed by atoms with van der Waals surface area (Å²) >= 11 is 0. The molecule has 2 N–H and O–H groups in total. The summed E-state index contributed by atoms with van der Waals surface area (Å²) in [6, 6.07) is 43.6. The first-order valence-corrected chi connectivity index (χ1v) is 16.1. The van der Waals surface area contributed by atoms with E-state index in [9.17, 15) is 0 Å². The molecule has 0 atom stereocenters. The molecule has 4 aromatic carbocycles. The highest BCUT2D eigenvalue weighted by molar-refractivity contribution is 7.73. The smallest absolute Gasteiger partial charge is 0.0496 e. The third-order valence-corrected chi connectivity index (χ3v) is 11.4. The Morgan fingerprint density at radius 1 is 0.514 bits per heavy atom. The van der Waals surface area contributed by atoms with Crippen molar-refractivity contribution in [3.8, 4) is 0 Å². The van der Waals surface area contributed by atoms with Gasteiger partial charge in [-0.1, -0.05) is 146 Å². The third-order valence-electron chi connectivity index (χ3n) is 6.26. The Kier molecular flexibility index (Phi) is 10.5. The van der Waals surface area contributed by atoms with Crippen molar-refractivity contribution in [3.63, 3.8) is 0 Å². The van der Waals surface area contributed by atoms with Gasteiger partial charge < -0.3 is 5.73 Å². The van der Waals surface area contributed by atoms with Crippen molar-refractivity contribution in [2.45, 2.75) is 25.3 Å². The van der Waals surface area contributed by atoms with E-state index in [1.54, 1.807) is 0 Å². The molecule has 37 heavy (non-hydrogen) atoms. The maximum atomic E-state index is 6.63. The van der Waals surface area contributed by atoms with Crippen LogP contribution in [0.15, 0.2) is 146 Å². The minimum Gasteiger partial charge on any atom is -0.319 e. The Morgan fingerprint density at radius 3 is 1.05 bits per heavy atom. The molecule has 0 aromatic heterocycles. The van der Waals surface area contributed by atoms with E-state index in [0.29, 0.717) is 0 Å². The lowest BCUT2D eigenvalue weighted by Crippen LogP contribution is -2.30. The van der Waals surface area contributed by atoms with E-state index >= 15 is 0 Å². The molecule has 0 unspecified atom stereocenters. The van der Waals surface area contributed by atoms with Crippen molar-refractivity contribution in [1.82, 2.24) is 0 Å². The molecule has 0 aliphatic carbocycles. The van der Waals surface area contributed by atoms with Crippen LogP contribution in [0.3, 0.4) is 0 Å². The summed E-state index contributed by atoms with van der Waals surface area (Å²) in [5.41, 5.74) is 6.19. The second kappa shape index (κ2) is 14.2. The molecule has 0 amide bonds. The largest absolute Gasteiger partial charge is 0.319 e. The summed E-state index contributed by atoms with van der Waals surface area (Å²) in [6.07, 6.45) is 13.2. The second-order valence-electron chi connectivity index (χ2n) is 9.39. The summed E-state index contributed by atoms with van der Waals surface area (Å²) in [5.74, 6) is 0. The Balaban J connectivity index is 1.34. The van der Waals surface area contributed by atoms with Crippen molar-refractivity contribution < 1.29 is 0 Å². The molecular formula is C34H37NP2. The zero-order chi connectivity index (χ0) is 25.8. The zero-order valence-corrected chi connectivity index (χ0v) is 23.4. The molecule has 0 aliphatic rings. The fourth-order valence-corrected chi connectivity index (χ4v) is 8.96. The Hall–Kier alpha value is -2.82. The zero-order valence-electron chi connectivity index (χ0n) is 21.7. The first kappa shape index (κ1) is 27.2. The predicted molar refractivity (Wildman–Crippen MR) is 168 cm³/mol. The van der Waals surface area contributed by atoms with Gasteiger partial charge in [0.25, 0.3) is 0 Å². The fourth-order valence-electron chi connectivity index (χ4n) is 4.38. The summed E-state index contributed by atoms with van der Waals surface area (Å²) < 4.78 is 0. The molecule has 0 fully saturated rings. The Labute approximate surface area is 225 Å². The van der Waals surface area contributed by atoms with Crippen LogP contribution >= 0.6 is 15.8 Å². The summed E-state index contributed by atoms with van der Waals surface area (Å²) in [7, 11) is -0.743. The molecule has 4 aromatic rings. The van der Waals surface area contributed by atoms with Crippen molar-refractivity contribution >= 4 is 37.1 Å². The molecule has 0 heterocycles. The molecule has 4 rings (SSSR count). The first-order valence-electron chi connectivity index (χ1n) is 13.0. The number of benzene rings is 4. The van der Waals surface area contributed by atoms with Gasteiger partial charge in [-0.25, -0.2) is 0 Å². The van der Waals surface area contributed by atoms with Gasteiger partial charge in [-0.05, 0) is 69.2 Å². The average molecular weight is 522 g/mol. The van der Waals surface area contributed by atoms with E-state index in [2.05, 4.69) is 153 Å². The summed E-state index contributed by atoms with van der Waals surface area (Å²) in [5, 5.41) is 5.73. The Bertz CT molecular complexity index is 1060. The van der Waals surface area contributed by atoms with Crippen LogP contribution < -0.4 is 27.0 Å². The molecule has 0 bridgehead atoms. The lowest BCUT2D eigenvalue weighted by molar-refractivity contribution is 0.728. The molecule has 188 valence electrons. The predicted octanol–water partition coefficient (Wildman–Crippen LogP) is 6.86. The number of nitrogens with two attached hydrogens (primary N) is 1. The van der Waals surface area contributed by atoms with Crippen molar-refractivity contribution in [1.29, 1.82) is 0 Å². The average Bonchev–Trinajstić information content (AvgIpc) is 2.95. The highest BCUT2D eigenvalue weighted by atomic mass is 31.1. The molecule has 0 radical (unpaired) electrons. The molecule has 0 saturated carbocycles. The van der Waals surface area contributed by atoms with Crippen LogP contribution in [-0.4, -0.2) is 17.9 Å². The van der Waals surface area contributed by atoms with Gasteiger partial charge in [-0.2, -0.15) is 0 Å². The van der Waals surface area contributed by atoms with Gasteiger partial charge in [0.15, 0.2) is 0 Å². The van der Waals surface area contributed by atoms with E-state index < -0.39 is 5.54 Å². The van der Waals surface area contributed by atoms with Crippen molar-refractivity contribution in [2.75, 3.05) is 12.3 Å². The van der Waals surface area contributed by atoms with Gasteiger partial charge >= 0.3 is 0 Å². The molecule has 0 spiro atoms. The number of hydrogen-bond donors (Lipinski definition) is 1. The minimum atomic E-state index is -0.440. The van der Waals surface area contributed by atoms with Gasteiger partial charge in [-0.15, -0.1) is 0 Å². The lowest BCUT2D eigenvalue weighted by atomic mass is 10.0. The van der Waals surface area contributed by atoms with Crippen LogP contribution in [0.4, 0.5) is 0 Å². The van der Waals surface area contributed by atoms with Gasteiger partial charge in [0.05, 0.1) is 0 Å². The van der Waals surface area contributed by atoms with Gasteiger partial charge in [0.2, 0.25) is 0 Å². The summed E-state index contributed by atoms with van der Waals surface area (Å²) in [4.78, 5) is 0. The maximum absolute atomic E-state index is 6.63. The van der Waals surface area contributed by atoms with Crippen LogP contribution in [-0.2, 0) is 0 Å². The number of hydrogen-bond acceptors (Lipinski definition) is 1. The quantitative estimate of drug-likeness (QED) is 0.160. The van der Waals surface area contributed by atoms with Crippen LogP contribution in [0.2, 0.25) is 0 Å². The van der Waals surface area contributed by atoms with Crippen LogP contribution in [0.5, 0.6) is 0 Å². The normalized spacial score (nSPS) is 13.5. The summed E-state index contributed by atoms with van der Waals surface area (Å²) in [6.45, 7) is 2.09. The fraction of sp³-hybridized carbons (Fsp3) is 0.176. The minimum absolute atomic E-state index is 0.372. The SMILES string of the molecule is CC(N)(C=CCCP(c1ccccc1)c1ccccc1)C=CCCP(c1ccccc1)c1ccccc1. The van der Waals surface area contributed by atoms with E-state index in [1.165, 1.54) is 21.2 Å². The highest BCUT2D eigenvalue weighted by Crippen LogP contribution is 2.35. The first-order chi connectivity index (χ1) is 18.1. The third kappa shape index (κ3) is 8.62. The number of rotatable bonds is 12. The van der Waals surface area contributed by atoms with E-state index in [4.69, 9.17) is 5.73 Å². The van der Waals surface area contributed by atoms with E-state index in [1.807, 2.05) is 0 Å². The monoisotopic (exact) mass is 521 g/mol. The molecule has 0 saturated heterocycles. The molecule has 1 nitrogen and oxygen atoms in total. The Morgan fingerprint density at radius 2 is 0.784 bits per heavy atom. The van der Waals surface area contributed by atoms with E-state index in [-0.39, 0.29) is 15.8 Å². The van der Waals surface area contributed by atoms with Crippen LogP contribution in [0.1, 0.15) is 19.8 Å². The van der Waals surface area contributed by atoms with E-state index in [0.717, 1.165) is 25.2 Å². The van der Waals surface area contributed by atoms with Crippen LogP contribution in [0, 0.1) is 0 Å². The number of allylic oxidation sites excluding steroid dienone is 2. The topological polar surface area (TPSA) is 26.0 Å². The van der Waals surface area contributed by atoms with Crippen molar-refractivity contribution in [3.05, 3.63) is 146 Å². The van der Waals surface area contributed by atoms with Crippen LogP contribution in [0.25, 0.3) is 0 Å². The standard InChI is InChI=1S/C34H37NP2/c1-34(35,26-14-16-28-36(30-18-6-2-7-19-30)31-20-8-3-9-21-31)27-15-17-29-37(32-22-10-4-11-23-32)33-24-12-5-13-25-33/h2-15,18-27H,16-17,28-29,35H2,1H3. The molecule has 0 aliphatic heterocycles. The van der Waals surface area contributed by atoms with Gasteiger partial charge in [-0.3, -0.25) is 0 Å².